The van der Waals surface area contributed by atoms with Gasteiger partial charge in [0.05, 0.1) is 14.2 Å². The summed E-state index contributed by atoms with van der Waals surface area (Å²) in [5.74, 6) is 1.25. The highest BCUT2D eigenvalue weighted by Crippen LogP contribution is 2.39. The summed E-state index contributed by atoms with van der Waals surface area (Å²) in [7, 11) is 6.28. The largest absolute Gasteiger partial charge is 0.494 e. The van der Waals surface area contributed by atoms with Crippen LogP contribution in [0, 0.1) is 5.41 Å². The van der Waals surface area contributed by atoms with Crippen LogP contribution < -0.4 is 24.8 Å². The van der Waals surface area contributed by atoms with Crippen molar-refractivity contribution in [3.63, 3.8) is 0 Å². The van der Waals surface area contributed by atoms with Crippen LogP contribution in [0.25, 0.3) is 0 Å². The molecule has 0 saturated heterocycles. The molecule has 2 aromatic carbocycles. The lowest BCUT2D eigenvalue weighted by atomic mass is 10.2. The van der Waals surface area contributed by atoms with Crippen LogP contribution >= 0.6 is 0 Å². The summed E-state index contributed by atoms with van der Waals surface area (Å²) in [6.45, 7) is 0.389. The molecule has 0 radical (unpaired) electrons. The first-order valence-corrected chi connectivity index (χ1v) is 8.21. The number of hydrogen-bond acceptors (Lipinski definition) is 5. The van der Waals surface area contributed by atoms with Gasteiger partial charge < -0.3 is 24.4 Å². The molecule has 0 spiro atoms. The average Bonchev–Trinajstić information content (AvgIpc) is 2.67. The first-order chi connectivity index (χ1) is 12.9. The van der Waals surface area contributed by atoms with E-state index in [1.54, 1.807) is 26.2 Å². The second kappa shape index (κ2) is 9.33. The number of ether oxygens (including phenoxy) is 3. The van der Waals surface area contributed by atoms with Crippen molar-refractivity contribution in [1.82, 2.24) is 10.2 Å². The highest BCUT2D eigenvalue weighted by Gasteiger charge is 2.17. The lowest BCUT2D eigenvalue weighted by Gasteiger charge is -2.18. The Balaban J connectivity index is 2.17. The van der Waals surface area contributed by atoms with Crippen molar-refractivity contribution in [3.05, 3.63) is 48.0 Å². The maximum absolute atomic E-state index is 12.1. The Morgan fingerprint density at radius 2 is 1.67 bits per heavy atom. The van der Waals surface area contributed by atoms with Gasteiger partial charge in [-0.15, -0.1) is 0 Å². The fourth-order valence-corrected chi connectivity index (χ4v) is 2.20. The summed E-state index contributed by atoms with van der Waals surface area (Å²) in [5.41, 5.74) is 1.37. The number of carbonyl (C=O) groups excluding carboxylic acids is 1. The van der Waals surface area contributed by atoms with E-state index >= 15 is 0 Å². The van der Waals surface area contributed by atoms with Crippen molar-refractivity contribution in [2.45, 2.75) is 6.61 Å². The highest BCUT2D eigenvalue weighted by atomic mass is 16.5. The van der Waals surface area contributed by atoms with E-state index in [9.17, 15) is 4.79 Å². The molecule has 144 valence electrons. The molecule has 3 N–H and O–H groups in total. The molecule has 0 fully saturated rings. The molecule has 0 aliphatic rings. The molecule has 2 amide bonds. The third-order valence-electron chi connectivity index (χ3n) is 3.65. The van der Waals surface area contributed by atoms with Gasteiger partial charge in [0.1, 0.15) is 29.5 Å². The number of nitrogens with zero attached hydrogens (tertiary/aromatic N) is 1. The van der Waals surface area contributed by atoms with Crippen molar-refractivity contribution in [3.8, 4) is 17.2 Å². The van der Waals surface area contributed by atoms with Gasteiger partial charge in [-0.05, 0) is 5.56 Å². The van der Waals surface area contributed by atoms with Crippen molar-refractivity contribution in [2.24, 2.45) is 0 Å². The maximum atomic E-state index is 12.1. The van der Waals surface area contributed by atoms with Gasteiger partial charge in [0.15, 0.2) is 5.96 Å². The van der Waals surface area contributed by atoms with Gasteiger partial charge in [-0.25, -0.2) is 4.79 Å². The second-order valence-electron chi connectivity index (χ2n) is 5.80. The summed E-state index contributed by atoms with van der Waals surface area (Å²) in [6, 6.07) is 12.5. The van der Waals surface area contributed by atoms with Gasteiger partial charge in [0, 0.05) is 26.2 Å². The summed E-state index contributed by atoms with van der Waals surface area (Å²) in [6.07, 6.45) is 0. The van der Waals surface area contributed by atoms with Gasteiger partial charge in [-0.1, -0.05) is 30.3 Å². The van der Waals surface area contributed by atoms with Crippen LogP contribution in [-0.4, -0.2) is 45.2 Å². The lowest BCUT2D eigenvalue weighted by Crippen LogP contribution is -2.41. The molecule has 0 saturated carbocycles. The maximum Gasteiger partial charge on any atom is 0.326 e. The number of amides is 2. The molecule has 27 heavy (non-hydrogen) atoms. The Kier molecular flexibility index (Phi) is 6.87. The first kappa shape index (κ1) is 19.9. The first-order valence-electron chi connectivity index (χ1n) is 8.21. The zero-order valence-electron chi connectivity index (χ0n) is 15.8. The van der Waals surface area contributed by atoms with Crippen molar-refractivity contribution in [2.75, 3.05) is 33.6 Å². The topological polar surface area (TPSA) is 95.9 Å². The number of carbonyl (C=O) groups is 1. The third kappa shape index (κ3) is 5.53. The molecule has 2 aromatic rings. The molecule has 2 rings (SSSR count). The fraction of sp³-hybridized carbons (Fsp3) is 0.263. The standard InChI is InChI=1S/C19H24N4O4/c1-23(2)18(20)22-19(24)21-17-15(25-3)10-14(11-16(17)26-4)27-12-13-8-6-5-7-9-13/h5-11H,12H2,1-4H3,(H3,20,21,22,24). The SMILES string of the molecule is COc1cc(OCc2ccccc2)cc(OC)c1NC(=O)NC(=N)N(C)C. The molecular weight excluding hydrogens is 348 g/mol. The highest BCUT2D eigenvalue weighted by molar-refractivity contribution is 6.02. The predicted molar refractivity (Wildman–Crippen MR) is 104 cm³/mol. The number of anilines is 1. The fourth-order valence-electron chi connectivity index (χ4n) is 2.20. The minimum absolute atomic E-state index is 0.0479. The molecule has 0 bridgehead atoms. The third-order valence-corrected chi connectivity index (χ3v) is 3.65. The minimum Gasteiger partial charge on any atom is -0.494 e. The average molecular weight is 372 g/mol. The quantitative estimate of drug-likeness (QED) is 0.535. The lowest BCUT2D eigenvalue weighted by molar-refractivity contribution is 0.255. The van der Waals surface area contributed by atoms with Gasteiger partial charge in [0.2, 0.25) is 0 Å². The Bertz CT molecular complexity index is 769. The normalized spacial score (nSPS) is 9.93. The number of rotatable bonds is 6. The molecular formula is C19H24N4O4. The van der Waals surface area contributed by atoms with Gasteiger partial charge in [0.25, 0.3) is 0 Å². The molecule has 8 heteroatoms. The van der Waals surface area contributed by atoms with Crippen molar-refractivity contribution in [1.29, 1.82) is 5.41 Å². The van der Waals surface area contributed by atoms with Crippen molar-refractivity contribution >= 4 is 17.7 Å². The van der Waals surface area contributed by atoms with Crippen molar-refractivity contribution < 1.29 is 19.0 Å². The Labute approximate surface area is 158 Å². The molecule has 0 aromatic heterocycles. The van der Waals surface area contributed by atoms with E-state index in [0.29, 0.717) is 29.5 Å². The van der Waals surface area contributed by atoms with E-state index in [2.05, 4.69) is 10.6 Å². The second-order valence-corrected chi connectivity index (χ2v) is 5.80. The Morgan fingerprint density at radius 1 is 1.07 bits per heavy atom. The van der Waals surface area contributed by atoms with E-state index in [-0.39, 0.29) is 5.96 Å². The van der Waals surface area contributed by atoms with E-state index in [1.807, 2.05) is 30.3 Å². The van der Waals surface area contributed by atoms with Gasteiger partial charge >= 0.3 is 6.03 Å². The molecule has 0 heterocycles. The molecule has 8 nitrogen and oxygen atoms in total. The van der Waals surface area contributed by atoms with Crippen LogP contribution in [0.5, 0.6) is 17.2 Å². The number of urea groups is 1. The monoisotopic (exact) mass is 372 g/mol. The molecule has 0 unspecified atom stereocenters. The summed E-state index contributed by atoms with van der Waals surface area (Å²) in [4.78, 5) is 13.6. The summed E-state index contributed by atoms with van der Waals surface area (Å²) in [5, 5.41) is 12.7. The number of guanidine groups is 1. The number of nitrogens with one attached hydrogen (secondary N) is 3. The van der Waals surface area contributed by atoms with Gasteiger partial charge in [-0.2, -0.15) is 0 Å². The van der Waals surface area contributed by atoms with Crippen LogP contribution in [0.4, 0.5) is 10.5 Å². The number of methoxy groups -OCH3 is 2. The summed E-state index contributed by atoms with van der Waals surface area (Å²) < 4.78 is 16.5. The Hall–Kier alpha value is -3.42. The number of benzene rings is 2. The predicted octanol–water partition coefficient (Wildman–Crippen LogP) is 2.90. The van der Waals surface area contributed by atoms with Crippen LogP contribution in [0.1, 0.15) is 5.56 Å². The van der Waals surface area contributed by atoms with Crippen LogP contribution in [-0.2, 0) is 6.61 Å². The van der Waals surface area contributed by atoms with E-state index in [1.165, 1.54) is 19.1 Å². The van der Waals surface area contributed by atoms with Gasteiger partial charge in [-0.3, -0.25) is 10.7 Å². The van der Waals surface area contributed by atoms with E-state index < -0.39 is 6.03 Å². The zero-order chi connectivity index (χ0) is 19.8. The molecule has 0 atom stereocenters. The molecule has 0 aliphatic carbocycles. The zero-order valence-corrected chi connectivity index (χ0v) is 15.8. The van der Waals surface area contributed by atoms with Crippen LogP contribution in [0.3, 0.4) is 0 Å². The number of hydrogen-bond donors (Lipinski definition) is 3. The van der Waals surface area contributed by atoms with E-state index in [0.717, 1.165) is 5.56 Å². The Morgan fingerprint density at radius 3 is 2.19 bits per heavy atom. The van der Waals surface area contributed by atoms with Crippen LogP contribution in [0.15, 0.2) is 42.5 Å². The smallest absolute Gasteiger partial charge is 0.326 e. The van der Waals surface area contributed by atoms with E-state index in [4.69, 9.17) is 19.6 Å². The molecule has 0 aliphatic heterocycles. The minimum atomic E-state index is -0.580. The van der Waals surface area contributed by atoms with Crippen LogP contribution in [0.2, 0.25) is 0 Å². The summed E-state index contributed by atoms with van der Waals surface area (Å²) >= 11 is 0.